The minimum Gasteiger partial charge on any atom is -0.352 e. The number of nitrogens with zero attached hydrogens (tertiary/aromatic N) is 2. The number of rotatable bonds is 5. The number of guanidine groups is 1. The molecule has 0 amide bonds. The Bertz CT molecular complexity index is 1120. The highest BCUT2D eigenvalue weighted by Gasteiger charge is 2.11. The molecule has 0 bridgehead atoms. The first-order valence-corrected chi connectivity index (χ1v) is 10.8. The topological polar surface area (TPSA) is 83.5 Å². The fourth-order valence-corrected chi connectivity index (χ4v) is 4.09. The van der Waals surface area contributed by atoms with Gasteiger partial charge in [0.2, 0.25) is 0 Å². The SMILES string of the molecule is CN=C(NCc1ccc(S(C)(=O)=O)c(C)c1)NCc1cccc2cccnc12. The maximum atomic E-state index is 11.7. The van der Waals surface area contributed by atoms with E-state index in [1.807, 2.05) is 42.5 Å². The number of sulfone groups is 1. The Labute approximate surface area is 165 Å². The smallest absolute Gasteiger partial charge is 0.191 e. The Kier molecular flexibility index (Phi) is 5.94. The molecule has 0 aliphatic carbocycles. The summed E-state index contributed by atoms with van der Waals surface area (Å²) >= 11 is 0. The molecule has 146 valence electrons. The lowest BCUT2D eigenvalue weighted by atomic mass is 10.1. The number of pyridine rings is 1. The minimum atomic E-state index is -3.21. The van der Waals surface area contributed by atoms with Gasteiger partial charge in [0.15, 0.2) is 15.8 Å². The third kappa shape index (κ3) is 4.67. The van der Waals surface area contributed by atoms with Crippen LogP contribution in [0.25, 0.3) is 10.9 Å². The predicted molar refractivity (Wildman–Crippen MR) is 113 cm³/mol. The van der Waals surface area contributed by atoms with Gasteiger partial charge in [-0.05, 0) is 35.7 Å². The van der Waals surface area contributed by atoms with E-state index >= 15 is 0 Å². The van der Waals surface area contributed by atoms with E-state index in [2.05, 4.69) is 20.6 Å². The van der Waals surface area contributed by atoms with E-state index in [1.165, 1.54) is 6.26 Å². The van der Waals surface area contributed by atoms with Crippen LogP contribution >= 0.6 is 0 Å². The van der Waals surface area contributed by atoms with Gasteiger partial charge < -0.3 is 10.6 Å². The van der Waals surface area contributed by atoms with Crippen LogP contribution in [0.4, 0.5) is 0 Å². The molecule has 0 saturated heterocycles. The molecule has 0 fully saturated rings. The van der Waals surface area contributed by atoms with Crippen LogP contribution in [0.2, 0.25) is 0 Å². The molecule has 7 heteroatoms. The highest BCUT2D eigenvalue weighted by Crippen LogP contribution is 2.17. The van der Waals surface area contributed by atoms with Gasteiger partial charge in [-0.2, -0.15) is 0 Å². The minimum absolute atomic E-state index is 0.363. The van der Waals surface area contributed by atoms with Crippen molar-refractivity contribution in [2.24, 2.45) is 4.99 Å². The van der Waals surface area contributed by atoms with Crippen molar-refractivity contribution >= 4 is 26.7 Å². The first-order chi connectivity index (χ1) is 13.4. The second-order valence-electron chi connectivity index (χ2n) is 6.64. The molecule has 2 N–H and O–H groups in total. The second-order valence-corrected chi connectivity index (χ2v) is 8.63. The standard InChI is InChI=1S/C21H24N4O2S/c1-15-12-16(9-10-19(15)28(3,26)27)13-24-21(22-2)25-14-18-7-4-6-17-8-5-11-23-20(17)18/h4-12H,13-14H2,1-3H3,(H2,22,24,25). The van der Waals surface area contributed by atoms with Gasteiger partial charge in [-0.15, -0.1) is 0 Å². The van der Waals surface area contributed by atoms with Gasteiger partial charge in [0.1, 0.15) is 0 Å². The first kappa shape index (κ1) is 19.8. The quantitative estimate of drug-likeness (QED) is 0.512. The summed E-state index contributed by atoms with van der Waals surface area (Å²) in [6.45, 7) is 2.94. The second kappa shape index (κ2) is 8.39. The predicted octanol–water partition coefficient (Wildman–Crippen LogP) is 2.81. The van der Waals surface area contributed by atoms with Crippen molar-refractivity contribution in [3.63, 3.8) is 0 Å². The highest BCUT2D eigenvalue weighted by atomic mass is 32.2. The number of benzene rings is 2. The molecule has 1 aromatic heterocycles. The number of aliphatic imine (C=N–C) groups is 1. The molecule has 0 aliphatic rings. The van der Waals surface area contributed by atoms with E-state index in [0.717, 1.165) is 27.6 Å². The van der Waals surface area contributed by atoms with Gasteiger partial charge in [-0.25, -0.2) is 8.42 Å². The lowest BCUT2D eigenvalue weighted by molar-refractivity contribution is 0.601. The van der Waals surface area contributed by atoms with Crippen LogP contribution < -0.4 is 10.6 Å². The Morgan fingerprint density at radius 2 is 1.82 bits per heavy atom. The monoisotopic (exact) mass is 396 g/mol. The maximum absolute atomic E-state index is 11.7. The summed E-state index contributed by atoms with van der Waals surface area (Å²) < 4.78 is 23.5. The summed E-state index contributed by atoms with van der Waals surface area (Å²) in [6.07, 6.45) is 3.02. The third-order valence-electron chi connectivity index (χ3n) is 4.48. The number of aryl methyl sites for hydroxylation is 1. The fraction of sp³-hybridized carbons (Fsp3) is 0.238. The molecule has 1 heterocycles. The first-order valence-electron chi connectivity index (χ1n) is 8.95. The zero-order valence-electron chi connectivity index (χ0n) is 16.2. The van der Waals surface area contributed by atoms with Crippen LogP contribution in [0, 0.1) is 6.92 Å². The van der Waals surface area contributed by atoms with Crippen LogP contribution in [0.1, 0.15) is 16.7 Å². The zero-order chi connectivity index (χ0) is 20.1. The van der Waals surface area contributed by atoms with Crippen molar-refractivity contribution in [1.82, 2.24) is 15.6 Å². The van der Waals surface area contributed by atoms with Crippen LogP contribution in [0.15, 0.2) is 64.6 Å². The van der Waals surface area contributed by atoms with Crippen molar-refractivity contribution < 1.29 is 8.42 Å². The van der Waals surface area contributed by atoms with Crippen LogP contribution in [0.5, 0.6) is 0 Å². The number of aromatic nitrogens is 1. The summed E-state index contributed by atoms with van der Waals surface area (Å²) in [4.78, 5) is 9.09. The highest BCUT2D eigenvalue weighted by molar-refractivity contribution is 7.90. The number of fused-ring (bicyclic) bond motifs is 1. The fourth-order valence-electron chi connectivity index (χ4n) is 3.13. The molecular formula is C21H24N4O2S. The van der Waals surface area contributed by atoms with Crippen molar-refractivity contribution in [3.8, 4) is 0 Å². The number of hydrogen-bond donors (Lipinski definition) is 2. The number of para-hydroxylation sites is 1. The molecule has 2 aromatic carbocycles. The molecule has 0 aliphatic heterocycles. The van der Waals surface area contributed by atoms with E-state index in [0.29, 0.717) is 23.9 Å². The normalized spacial score (nSPS) is 12.2. The molecule has 0 atom stereocenters. The van der Waals surface area contributed by atoms with Crippen molar-refractivity contribution in [2.75, 3.05) is 13.3 Å². The van der Waals surface area contributed by atoms with Gasteiger partial charge in [0.05, 0.1) is 10.4 Å². The van der Waals surface area contributed by atoms with Crippen molar-refractivity contribution in [2.45, 2.75) is 24.9 Å². The van der Waals surface area contributed by atoms with Crippen LogP contribution in [0.3, 0.4) is 0 Å². The van der Waals surface area contributed by atoms with E-state index in [-0.39, 0.29) is 0 Å². The van der Waals surface area contributed by atoms with Gasteiger partial charge in [0, 0.05) is 38.0 Å². The molecule has 6 nitrogen and oxygen atoms in total. The molecule has 0 spiro atoms. The molecule has 3 rings (SSSR count). The van der Waals surface area contributed by atoms with E-state index in [1.54, 1.807) is 26.2 Å². The van der Waals surface area contributed by atoms with E-state index < -0.39 is 9.84 Å². The summed E-state index contributed by atoms with van der Waals surface area (Å²) in [5, 5.41) is 7.66. The number of hydrogen-bond acceptors (Lipinski definition) is 4. The molecule has 0 unspecified atom stereocenters. The Balaban J connectivity index is 1.65. The van der Waals surface area contributed by atoms with Gasteiger partial charge in [-0.3, -0.25) is 9.98 Å². The van der Waals surface area contributed by atoms with Crippen LogP contribution in [-0.2, 0) is 22.9 Å². The average molecular weight is 397 g/mol. The Morgan fingerprint density at radius 1 is 1.07 bits per heavy atom. The Hall–Kier alpha value is -2.93. The maximum Gasteiger partial charge on any atom is 0.191 e. The van der Waals surface area contributed by atoms with Crippen molar-refractivity contribution in [3.05, 3.63) is 71.4 Å². The molecule has 28 heavy (non-hydrogen) atoms. The zero-order valence-corrected chi connectivity index (χ0v) is 17.0. The van der Waals surface area contributed by atoms with Gasteiger partial charge in [0.25, 0.3) is 0 Å². The van der Waals surface area contributed by atoms with E-state index in [4.69, 9.17) is 0 Å². The van der Waals surface area contributed by atoms with Gasteiger partial charge in [-0.1, -0.05) is 36.4 Å². The number of nitrogens with one attached hydrogen (secondary N) is 2. The van der Waals surface area contributed by atoms with Gasteiger partial charge >= 0.3 is 0 Å². The molecule has 3 aromatic rings. The van der Waals surface area contributed by atoms with E-state index in [9.17, 15) is 8.42 Å². The Morgan fingerprint density at radius 3 is 2.54 bits per heavy atom. The average Bonchev–Trinajstić information content (AvgIpc) is 2.67. The molecule has 0 saturated carbocycles. The molecule has 0 radical (unpaired) electrons. The summed E-state index contributed by atoms with van der Waals surface area (Å²) in [5.74, 6) is 0.665. The van der Waals surface area contributed by atoms with Crippen LogP contribution in [-0.4, -0.2) is 32.7 Å². The summed E-state index contributed by atoms with van der Waals surface area (Å²) in [7, 11) is -1.49. The van der Waals surface area contributed by atoms with Crippen molar-refractivity contribution in [1.29, 1.82) is 0 Å². The molecular weight excluding hydrogens is 372 g/mol. The summed E-state index contributed by atoms with van der Waals surface area (Å²) in [5.41, 5.74) is 3.79. The lowest BCUT2D eigenvalue weighted by Crippen LogP contribution is -2.36. The largest absolute Gasteiger partial charge is 0.352 e. The summed E-state index contributed by atoms with van der Waals surface area (Å²) in [6, 6.07) is 15.4. The lowest BCUT2D eigenvalue weighted by Gasteiger charge is -2.14. The third-order valence-corrected chi connectivity index (χ3v) is 5.74.